The third-order valence-corrected chi connectivity index (χ3v) is 2.92. The maximum atomic E-state index is 5.88. The molecule has 2 aromatic rings. The molecule has 1 heterocycles. The van der Waals surface area contributed by atoms with Crippen molar-refractivity contribution in [2.24, 2.45) is 0 Å². The quantitative estimate of drug-likeness (QED) is 0.761. The summed E-state index contributed by atoms with van der Waals surface area (Å²) in [7, 11) is 0. The van der Waals surface area contributed by atoms with E-state index in [0.717, 1.165) is 5.56 Å². The van der Waals surface area contributed by atoms with E-state index in [0.29, 0.717) is 21.7 Å². The molecule has 0 fully saturated rings. The van der Waals surface area contributed by atoms with E-state index in [9.17, 15) is 0 Å². The van der Waals surface area contributed by atoms with Crippen LogP contribution in [0, 0.1) is 6.92 Å². The SMILES string of the molecule is Cc1cnc(Cl)nc1Oc1ccc(Cl)c(Cl)c1. The lowest BCUT2D eigenvalue weighted by Crippen LogP contribution is -1.93. The van der Waals surface area contributed by atoms with Crippen molar-refractivity contribution in [2.45, 2.75) is 6.92 Å². The number of rotatable bonds is 2. The lowest BCUT2D eigenvalue weighted by atomic mass is 10.3. The maximum Gasteiger partial charge on any atom is 0.226 e. The van der Waals surface area contributed by atoms with Gasteiger partial charge in [0.25, 0.3) is 0 Å². The van der Waals surface area contributed by atoms with Crippen LogP contribution >= 0.6 is 34.8 Å². The molecular formula is C11H7Cl3N2O. The molecule has 0 bridgehead atoms. The third kappa shape index (κ3) is 3.00. The van der Waals surface area contributed by atoms with Crippen molar-refractivity contribution < 1.29 is 4.74 Å². The van der Waals surface area contributed by atoms with Crippen molar-refractivity contribution in [1.29, 1.82) is 0 Å². The van der Waals surface area contributed by atoms with E-state index in [1.165, 1.54) is 0 Å². The van der Waals surface area contributed by atoms with E-state index in [1.54, 1.807) is 24.4 Å². The molecule has 0 aliphatic carbocycles. The summed E-state index contributed by atoms with van der Waals surface area (Å²) in [6, 6.07) is 4.96. The maximum absolute atomic E-state index is 5.88. The second kappa shape index (κ2) is 5.08. The highest BCUT2D eigenvalue weighted by atomic mass is 35.5. The second-order valence-electron chi connectivity index (χ2n) is 3.31. The number of benzene rings is 1. The summed E-state index contributed by atoms with van der Waals surface area (Å²) in [4.78, 5) is 7.82. The Morgan fingerprint density at radius 1 is 1.12 bits per heavy atom. The van der Waals surface area contributed by atoms with Crippen LogP contribution in [0.2, 0.25) is 15.3 Å². The smallest absolute Gasteiger partial charge is 0.226 e. The predicted octanol–water partition coefficient (Wildman–Crippen LogP) is 4.54. The van der Waals surface area contributed by atoms with Gasteiger partial charge < -0.3 is 4.74 Å². The molecule has 17 heavy (non-hydrogen) atoms. The number of nitrogens with zero attached hydrogens (tertiary/aromatic N) is 2. The van der Waals surface area contributed by atoms with Gasteiger partial charge in [0, 0.05) is 17.8 Å². The van der Waals surface area contributed by atoms with Crippen molar-refractivity contribution in [3.63, 3.8) is 0 Å². The topological polar surface area (TPSA) is 35.0 Å². The summed E-state index contributed by atoms with van der Waals surface area (Å²) in [5, 5.41) is 1.02. The minimum atomic E-state index is 0.130. The monoisotopic (exact) mass is 288 g/mol. The molecular weight excluding hydrogens is 282 g/mol. The van der Waals surface area contributed by atoms with Gasteiger partial charge in [-0.3, -0.25) is 0 Å². The van der Waals surface area contributed by atoms with Gasteiger partial charge in [-0.15, -0.1) is 0 Å². The summed E-state index contributed by atoms with van der Waals surface area (Å²) in [6.45, 7) is 1.82. The molecule has 0 aliphatic rings. The van der Waals surface area contributed by atoms with Gasteiger partial charge in [0.05, 0.1) is 10.0 Å². The van der Waals surface area contributed by atoms with Crippen molar-refractivity contribution in [3.8, 4) is 11.6 Å². The molecule has 0 radical (unpaired) electrons. The average molecular weight is 290 g/mol. The number of halogens is 3. The Morgan fingerprint density at radius 3 is 2.59 bits per heavy atom. The van der Waals surface area contributed by atoms with Gasteiger partial charge in [-0.1, -0.05) is 23.2 Å². The molecule has 0 saturated heterocycles. The van der Waals surface area contributed by atoms with Crippen LogP contribution in [-0.2, 0) is 0 Å². The summed E-state index contributed by atoms with van der Waals surface area (Å²) in [5.74, 6) is 0.931. The van der Waals surface area contributed by atoms with Crippen LogP contribution in [0.1, 0.15) is 5.56 Å². The first-order valence-electron chi connectivity index (χ1n) is 4.68. The summed E-state index contributed by atoms with van der Waals surface area (Å²) >= 11 is 17.4. The minimum absolute atomic E-state index is 0.130. The molecule has 88 valence electrons. The Balaban J connectivity index is 2.31. The highest BCUT2D eigenvalue weighted by Gasteiger charge is 2.06. The van der Waals surface area contributed by atoms with Crippen LogP contribution in [0.15, 0.2) is 24.4 Å². The molecule has 0 saturated carbocycles. The van der Waals surface area contributed by atoms with Gasteiger partial charge in [-0.2, -0.15) is 4.98 Å². The number of ether oxygens (including phenoxy) is 1. The normalized spacial score (nSPS) is 10.4. The first kappa shape index (κ1) is 12.4. The molecule has 1 aromatic carbocycles. The molecule has 6 heteroatoms. The second-order valence-corrected chi connectivity index (χ2v) is 4.46. The zero-order chi connectivity index (χ0) is 12.4. The fraction of sp³-hybridized carbons (Fsp3) is 0.0909. The summed E-state index contributed by atoms with van der Waals surface area (Å²) in [5.41, 5.74) is 0.778. The fourth-order valence-corrected chi connectivity index (χ4v) is 1.58. The molecule has 3 nitrogen and oxygen atoms in total. The first-order chi connectivity index (χ1) is 8.06. The number of hydrogen-bond acceptors (Lipinski definition) is 3. The van der Waals surface area contributed by atoms with Crippen LogP contribution in [0.4, 0.5) is 0 Å². The van der Waals surface area contributed by atoms with E-state index in [2.05, 4.69) is 9.97 Å². The van der Waals surface area contributed by atoms with E-state index in [4.69, 9.17) is 39.5 Å². The number of aryl methyl sites for hydroxylation is 1. The van der Waals surface area contributed by atoms with E-state index < -0.39 is 0 Å². The lowest BCUT2D eigenvalue weighted by Gasteiger charge is -2.07. The van der Waals surface area contributed by atoms with Crippen LogP contribution in [0.25, 0.3) is 0 Å². The zero-order valence-corrected chi connectivity index (χ0v) is 11.0. The highest BCUT2D eigenvalue weighted by Crippen LogP contribution is 2.29. The molecule has 0 unspecified atom stereocenters. The van der Waals surface area contributed by atoms with E-state index in [1.807, 2.05) is 6.92 Å². The zero-order valence-electron chi connectivity index (χ0n) is 8.75. The van der Waals surface area contributed by atoms with Gasteiger partial charge in [-0.25, -0.2) is 4.98 Å². The Labute approximate surface area is 113 Å². The van der Waals surface area contributed by atoms with Gasteiger partial charge >= 0.3 is 0 Å². The van der Waals surface area contributed by atoms with E-state index in [-0.39, 0.29) is 5.28 Å². The van der Waals surface area contributed by atoms with Crippen molar-refractivity contribution >= 4 is 34.8 Å². The molecule has 0 atom stereocenters. The largest absolute Gasteiger partial charge is 0.439 e. The van der Waals surface area contributed by atoms with Crippen LogP contribution in [-0.4, -0.2) is 9.97 Å². The van der Waals surface area contributed by atoms with Crippen molar-refractivity contribution in [2.75, 3.05) is 0 Å². The Morgan fingerprint density at radius 2 is 1.88 bits per heavy atom. The molecule has 0 spiro atoms. The Hall–Kier alpha value is -1.03. The highest BCUT2D eigenvalue weighted by molar-refractivity contribution is 6.42. The van der Waals surface area contributed by atoms with Crippen LogP contribution < -0.4 is 4.74 Å². The predicted molar refractivity (Wildman–Crippen MR) is 68.3 cm³/mol. The average Bonchev–Trinajstić information content (AvgIpc) is 2.29. The van der Waals surface area contributed by atoms with Crippen molar-refractivity contribution in [1.82, 2.24) is 9.97 Å². The standard InChI is InChI=1S/C11H7Cl3N2O/c1-6-5-15-11(14)16-10(6)17-7-2-3-8(12)9(13)4-7/h2-5H,1H3. The minimum Gasteiger partial charge on any atom is -0.439 e. The van der Waals surface area contributed by atoms with Crippen molar-refractivity contribution in [3.05, 3.63) is 45.3 Å². The van der Waals surface area contributed by atoms with Gasteiger partial charge in [0.15, 0.2) is 0 Å². The number of aromatic nitrogens is 2. The van der Waals surface area contributed by atoms with Crippen LogP contribution in [0.5, 0.6) is 11.6 Å². The van der Waals surface area contributed by atoms with Crippen LogP contribution in [0.3, 0.4) is 0 Å². The molecule has 1 aromatic heterocycles. The van der Waals surface area contributed by atoms with Gasteiger partial charge in [0.1, 0.15) is 5.75 Å². The van der Waals surface area contributed by atoms with Gasteiger partial charge in [-0.05, 0) is 30.7 Å². The van der Waals surface area contributed by atoms with Gasteiger partial charge in [0.2, 0.25) is 11.2 Å². The molecule has 2 rings (SSSR count). The fourth-order valence-electron chi connectivity index (χ4n) is 1.16. The molecule has 0 amide bonds. The third-order valence-electron chi connectivity index (χ3n) is 2.00. The number of hydrogen-bond donors (Lipinski definition) is 0. The first-order valence-corrected chi connectivity index (χ1v) is 5.81. The molecule has 0 N–H and O–H groups in total. The van der Waals surface area contributed by atoms with E-state index >= 15 is 0 Å². The Kier molecular flexibility index (Phi) is 3.72. The summed E-state index contributed by atoms with van der Waals surface area (Å²) in [6.07, 6.45) is 1.59. The lowest BCUT2D eigenvalue weighted by molar-refractivity contribution is 0.457. The molecule has 0 aliphatic heterocycles. The Bertz CT molecular complexity index is 560. The summed E-state index contributed by atoms with van der Waals surface area (Å²) < 4.78 is 5.55.